The van der Waals surface area contributed by atoms with E-state index in [4.69, 9.17) is 5.73 Å². The molecule has 1 amide bonds. The summed E-state index contributed by atoms with van der Waals surface area (Å²) < 4.78 is 4.57. The first-order valence-corrected chi connectivity index (χ1v) is 2.63. The fourth-order valence-corrected chi connectivity index (χ4v) is 0.501. The summed E-state index contributed by atoms with van der Waals surface area (Å²) in [6, 6.07) is 0. The van der Waals surface area contributed by atoms with Crippen LogP contribution in [-0.4, -0.2) is 16.0 Å². The van der Waals surface area contributed by atoms with Crippen LogP contribution in [0.2, 0.25) is 0 Å². The fourth-order valence-electron chi connectivity index (χ4n) is 0.501. The van der Waals surface area contributed by atoms with Crippen molar-refractivity contribution in [3.63, 3.8) is 0 Å². The van der Waals surface area contributed by atoms with Gasteiger partial charge in [-0.15, -0.1) is 0 Å². The molecule has 10 heavy (non-hydrogen) atoms. The minimum atomic E-state index is -0.583. The Morgan fingerprint density at radius 2 is 2.50 bits per heavy atom. The number of aryl methyl sites for hydroxylation is 1. The predicted molar refractivity (Wildman–Crippen MR) is 31.6 cm³/mol. The molecule has 0 unspecified atom stereocenters. The summed E-state index contributed by atoms with van der Waals surface area (Å²) in [5, 5.41) is 3.41. The fraction of sp³-hybridized carbons (Fsp3) is 0.200. The van der Waals surface area contributed by atoms with Crippen molar-refractivity contribution in [2.75, 3.05) is 0 Å². The van der Waals surface area contributed by atoms with Gasteiger partial charge < -0.3 is 10.3 Å². The van der Waals surface area contributed by atoms with Gasteiger partial charge >= 0.3 is 0 Å². The van der Waals surface area contributed by atoms with Gasteiger partial charge in [0.25, 0.3) is 0 Å². The number of hydrogen-bond acceptors (Lipinski definition) is 4. The van der Waals surface area contributed by atoms with Crippen molar-refractivity contribution < 1.29 is 9.32 Å². The smallest absolute Gasteiger partial charge is 0.229 e. The molecule has 0 saturated carbocycles. The van der Waals surface area contributed by atoms with Crippen molar-refractivity contribution in [3.8, 4) is 0 Å². The summed E-state index contributed by atoms with van der Waals surface area (Å²) in [7, 11) is 0. The highest BCUT2D eigenvalue weighted by Crippen LogP contribution is 1.95. The van der Waals surface area contributed by atoms with E-state index in [1.807, 2.05) is 0 Å². The molecule has 1 aromatic rings. The minimum absolute atomic E-state index is 0.213. The van der Waals surface area contributed by atoms with Gasteiger partial charge in [-0.1, -0.05) is 5.16 Å². The maximum atomic E-state index is 10.2. The lowest BCUT2D eigenvalue weighted by Gasteiger charge is -1.81. The Kier molecular flexibility index (Phi) is 1.66. The molecule has 1 rings (SSSR count). The lowest BCUT2D eigenvalue weighted by molar-refractivity contribution is -0.114. The van der Waals surface area contributed by atoms with Crippen LogP contribution in [0.1, 0.15) is 11.7 Å². The van der Waals surface area contributed by atoms with E-state index in [9.17, 15) is 4.79 Å². The second kappa shape index (κ2) is 2.47. The molecular weight excluding hydrogens is 134 g/mol. The number of hydrogen-bond donors (Lipinski definition) is 1. The number of primary amides is 1. The zero-order valence-electron chi connectivity index (χ0n) is 5.37. The molecule has 0 spiro atoms. The molecule has 5 heteroatoms. The number of carbonyl (C=O) groups is 1. The topological polar surface area (TPSA) is 82.0 Å². The van der Waals surface area contributed by atoms with Gasteiger partial charge in [-0.25, -0.2) is 0 Å². The van der Waals surface area contributed by atoms with Crippen LogP contribution in [0.5, 0.6) is 0 Å². The molecule has 0 aliphatic heterocycles. The van der Waals surface area contributed by atoms with Crippen LogP contribution in [0.4, 0.5) is 0 Å². The van der Waals surface area contributed by atoms with E-state index < -0.39 is 5.91 Å². The van der Waals surface area contributed by atoms with Crippen LogP contribution in [-0.2, 0) is 4.79 Å². The highest BCUT2D eigenvalue weighted by Gasteiger charge is 2.04. The molecule has 2 N–H and O–H groups in total. The Morgan fingerprint density at radius 3 is 2.90 bits per heavy atom. The molecule has 1 aromatic heterocycles. The predicted octanol–water partition coefficient (Wildman–Crippen LogP) is -0.584. The molecule has 0 atom stereocenters. The first kappa shape index (κ1) is 6.73. The molecular formula is C5H6N3O2. The average Bonchev–Trinajstić information content (AvgIpc) is 2.13. The summed E-state index contributed by atoms with van der Waals surface area (Å²) in [6.45, 7) is 1.63. The molecule has 0 bridgehead atoms. The number of nitrogens with two attached hydrogens (primary N) is 1. The summed E-state index contributed by atoms with van der Waals surface area (Å²) in [4.78, 5) is 13.9. The van der Waals surface area contributed by atoms with Crippen molar-refractivity contribution >= 4 is 5.91 Å². The van der Waals surface area contributed by atoms with Gasteiger partial charge in [0, 0.05) is 6.92 Å². The van der Waals surface area contributed by atoms with Gasteiger partial charge in [-0.3, -0.25) is 4.79 Å². The summed E-state index contributed by atoms with van der Waals surface area (Å²) in [6.07, 6.45) is 1.09. The Labute approximate surface area is 57.2 Å². The molecule has 0 fully saturated rings. The van der Waals surface area contributed by atoms with E-state index in [1.54, 1.807) is 6.92 Å². The van der Waals surface area contributed by atoms with E-state index in [-0.39, 0.29) is 5.82 Å². The van der Waals surface area contributed by atoms with Crippen LogP contribution in [0.15, 0.2) is 4.52 Å². The Bertz CT molecular complexity index is 243. The average molecular weight is 140 g/mol. The van der Waals surface area contributed by atoms with E-state index in [0.717, 1.165) is 6.42 Å². The van der Waals surface area contributed by atoms with E-state index in [0.29, 0.717) is 5.89 Å². The summed E-state index contributed by atoms with van der Waals surface area (Å²) in [5.41, 5.74) is 4.82. The van der Waals surface area contributed by atoms with Crippen LogP contribution in [0, 0.1) is 13.3 Å². The van der Waals surface area contributed by atoms with Crippen molar-refractivity contribution in [1.29, 1.82) is 0 Å². The van der Waals surface area contributed by atoms with Crippen LogP contribution in [0.3, 0.4) is 0 Å². The Balaban J connectivity index is 2.67. The maximum absolute atomic E-state index is 10.2. The number of rotatable bonds is 2. The van der Waals surface area contributed by atoms with E-state index in [1.165, 1.54) is 0 Å². The maximum Gasteiger partial charge on any atom is 0.229 e. The van der Waals surface area contributed by atoms with Crippen LogP contribution in [0.25, 0.3) is 0 Å². The van der Waals surface area contributed by atoms with Crippen LogP contribution >= 0.6 is 0 Å². The largest absolute Gasteiger partial charge is 0.369 e. The number of amides is 1. The summed E-state index contributed by atoms with van der Waals surface area (Å²) in [5.74, 6) is 0.0401. The molecule has 0 aliphatic rings. The second-order valence-electron chi connectivity index (χ2n) is 1.72. The van der Waals surface area contributed by atoms with Crippen molar-refractivity contribution in [2.24, 2.45) is 5.73 Å². The third-order valence-electron chi connectivity index (χ3n) is 0.815. The molecule has 0 aliphatic carbocycles. The SMILES string of the molecule is Cc1nc([CH]C(N)=O)no1. The van der Waals surface area contributed by atoms with Crippen LogP contribution < -0.4 is 5.73 Å². The monoisotopic (exact) mass is 140 g/mol. The third kappa shape index (κ3) is 1.54. The zero-order valence-corrected chi connectivity index (χ0v) is 5.37. The van der Waals surface area contributed by atoms with E-state index >= 15 is 0 Å². The number of nitrogens with zero attached hydrogens (tertiary/aromatic N) is 2. The summed E-state index contributed by atoms with van der Waals surface area (Å²) >= 11 is 0. The minimum Gasteiger partial charge on any atom is -0.369 e. The van der Waals surface area contributed by atoms with Crippen molar-refractivity contribution in [1.82, 2.24) is 10.1 Å². The van der Waals surface area contributed by atoms with Gasteiger partial charge in [0.2, 0.25) is 11.8 Å². The van der Waals surface area contributed by atoms with Gasteiger partial charge in [0.15, 0.2) is 5.82 Å². The first-order valence-electron chi connectivity index (χ1n) is 2.63. The van der Waals surface area contributed by atoms with Gasteiger partial charge in [-0.05, 0) is 0 Å². The Morgan fingerprint density at radius 1 is 1.80 bits per heavy atom. The lowest BCUT2D eigenvalue weighted by Crippen LogP contribution is -2.12. The molecule has 1 heterocycles. The van der Waals surface area contributed by atoms with Gasteiger partial charge in [-0.2, -0.15) is 4.98 Å². The first-order chi connectivity index (χ1) is 4.68. The molecule has 5 nitrogen and oxygen atoms in total. The third-order valence-corrected chi connectivity index (χ3v) is 0.815. The molecule has 53 valence electrons. The molecule has 0 aromatic carbocycles. The number of carbonyl (C=O) groups excluding carboxylic acids is 1. The lowest BCUT2D eigenvalue weighted by atomic mass is 10.4. The highest BCUT2D eigenvalue weighted by molar-refractivity contribution is 5.85. The second-order valence-corrected chi connectivity index (χ2v) is 1.72. The zero-order chi connectivity index (χ0) is 7.56. The quantitative estimate of drug-likeness (QED) is 0.595. The van der Waals surface area contributed by atoms with Gasteiger partial charge in [0.05, 0.1) is 0 Å². The highest BCUT2D eigenvalue weighted by atomic mass is 16.5. The van der Waals surface area contributed by atoms with Gasteiger partial charge in [0.1, 0.15) is 6.42 Å². The number of aromatic nitrogens is 2. The molecule has 1 radical (unpaired) electrons. The molecule has 0 saturated heterocycles. The normalized spacial score (nSPS) is 9.70. The van der Waals surface area contributed by atoms with Crippen molar-refractivity contribution in [2.45, 2.75) is 6.92 Å². The van der Waals surface area contributed by atoms with Crippen molar-refractivity contribution in [3.05, 3.63) is 18.1 Å². The van der Waals surface area contributed by atoms with E-state index in [2.05, 4.69) is 14.7 Å². The standard InChI is InChI=1S/C5H6N3O2/c1-3-7-5(8-10-3)2-4(6)9/h2H,1H3,(H2,6,9). The Hall–Kier alpha value is -1.39.